The van der Waals surface area contributed by atoms with Crippen LogP contribution < -0.4 is 5.73 Å². The Bertz CT molecular complexity index is 224. The highest BCUT2D eigenvalue weighted by Gasteiger charge is 2.39. The van der Waals surface area contributed by atoms with Gasteiger partial charge in [-0.1, -0.05) is 34.6 Å². The van der Waals surface area contributed by atoms with Gasteiger partial charge in [0.2, 0.25) is 0 Å². The summed E-state index contributed by atoms with van der Waals surface area (Å²) in [5.74, 6) is 0.250. The third kappa shape index (κ3) is 3.19. The second-order valence-electron chi connectivity index (χ2n) is 5.79. The zero-order valence-corrected chi connectivity index (χ0v) is 11.3. The van der Waals surface area contributed by atoms with E-state index in [9.17, 15) is 0 Å². The first-order chi connectivity index (χ1) is 5.90. The third-order valence-electron chi connectivity index (χ3n) is 2.97. The number of hydrogen-bond acceptors (Lipinski definition) is 2. The molecule has 3 heteroatoms. The average molecular weight is 216 g/mol. The summed E-state index contributed by atoms with van der Waals surface area (Å²) in [4.78, 5) is 0. The van der Waals surface area contributed by atoms with Gasteiger partial charge in [0.05, 0.1) is 4.75 Å². The lowest BCUT2D eigenvalue weighted by molar-refractivity contribution is 0.318. The minimum Gasteiger partial charge on any atom is -0.387 e. The van der Waals surface area contributed by atoms with Crippen LogP contribution in [-0.4, -0.2) is 15.3 Å². The molecule has 0 rings (SSSR count). The maximum atomic E-state index is 7.54. The highest BCUT2D eigenvalue weighted by atomic mass is 32.2. The number of nitrogens with one attached hydrogen (secondary N) is 1. The highest BCUT2D eigenvalue weighted by Crippen LogP contribution is 2.46. The van der Waals surface area contributed by atoms with Crippen molar-refractivity contribution in [3.05, 3.63) is 0 Å². The smallest absolute Gasteiger partial charge is 0.107 e. The maximum Gasteiger partial charge on any atom is 0.107 e. The standard InChI is InChI=1S/C11H24N2S/c1-9(2,3)11(6,7)14-10(4,5)8(12)13/h1-7H3,(H3,12,13). The Kier molecular flexibility index (Phi) is 3.71. The van der Waals surface area contributed by atoms with Gasteiger partial charge < -0.3 is 5.73 Å². The normalized spacial score (nSPS) is 14.2. The van der Waals surface area contributed by atoms with Crippen LogP contribution in [0.15, 0.2) is 0 Å². The van der Waals surface area contributed by atoms with Gasteiger partial charge in [0, 0.05) is 4.75 Å². The first-order valence-electron chi connectivity index (χ1n) is 4.95. The number of nitrogens with two attached hydrogens (primary N) is 1. The van der Waals surface area contributed by atoms with Crippen LogP contribution in [0.1, 0.15) is 48.5 Å². The summed E-state index contributed by atoms with van der Waals surface area (Å²) < 4.78 is -0.182. The predicted molar refractivity (Wildman–Crippen MR) is 67.1 cm³/mol. The fourth-order valence-corrected chi connectivity index (χ4v) is 2.54. The molecule has 0 spiro atoms. The van der Waals surface area contributed by atoms with Crippen LogP contribution >= 0.6 is 11.8 Å². The molecule has 0 fully saturated rings. The van der Waals surface area contributed by atoms with Crippen LogP contribution in [0, 0.1) is 10.8 Å². The highest BCUT2D eigenvalue weighted by molar-refractivity contribution is 8.02. The van der Waals surface area contributed by atoms with E-state index < -0.39 is 0 Å². The summed E-state index contributed by atoms with van der Waals surface area (Å²) in [5.41, 5.74) is 5.78. The van der Waals surface area contributed by atoms with Crippen LogP contribution in [0.5, 0.6) is 0 Å². The molecule has 0 aliphatic carbocycles. The quantitative estimate of drug-likeness (QED) is 0.562. The summed E-state index contributed by atoms with van der Waals surface area (Å²) in [7, 11) is 0. The Morgan fingerprint density at radius 1 is 1.00 bits per heavy atom. The topological polar surface area (TPSA) is 49.9 Å². The minimum absolute atomic E-state index is 0.0994. The second-order valence-corrected chi connectivity index (χ2v) is 8.03. The van der Waals surface area contributed by atoms with E-state index in [0.29, 0.717) is 0 Å². The van der Waals surface area contributed by atoms with E-state index in [-0.39, 0.29) is 20.7 Å². The van der Waals surface area contributed by atoms with Crippen molar-refractivity contribution in [1.29, 1.82) is 5.41 Å². The third-order valence-corrected chi connectivity index (χ3v) is 4.82. The van der Waals surface area contributed by atoms with Crippen molar-refractivity contribution in [2.45, 2.75) is 58.0 Å². The average Bonchev–Trinajstić information content (AvgIpc) is 1.80. The predicted octanol–water partition coefficient (Wildman–Crippen LogP) is 3.26. The van der Waals surface area contributed by atoms with E-state index in [2.05, 4.69) is 34.6 Å². The van der Waals surface area contributed by atoms with Crippen LogP contribution in [0.3, 0.4) is 0 Å². The van der Waals surface area contributed by atoms with E-state index in [1.807, 2.05) is 13.8 Å². The van der Waals surface area contributed by atoms with Gasteiger partial charge in [-0.05, 0) is 19.3 Å². The fourth-order valence-electron chi connectivity index (χ4n) is 0.846. The SMILES string of the molecule is CC(C)(SC(C)(C)C(C)(C)C)C(=N)N. The number of thioether (sulfide) groups is 1. The lowest BCUT2D eigenvalue weighted by Crippen LogP contribution is -2.43. The molecule has 2 nitrogen and oxygen atoms in total. The van der Waals surface area contributed by atoms with Crippen molar-refractivity contribution in [2.75, 3.05) is 0 Å². The van der Waals surface area contributed by atoms with Gasteiger partial charge >= 0.3 is 0 Å². The van der Waals surface area contributed by atoms with Gasteiger partial charge in [0.25, 0.3) is 0 Å². The summed E-state index contributed by atoms with van der Waals surface area (Å²) in [5, 5.41) is 7.54. The molecule has 0 aromatic rings. The van der Waals surface area contributed by atoms with Crippen molar-refractivity contribution in [3.63, 3.8) is 0 Å². The Balaban J connectivity index is 4.76. The molecule has 0 aromatic carbocycles. The number of rotatable bonds is 3. The summed E-state index contributed by atoms with van der Waals surface area (Å²) in [6, 6.07) is 0. The van der Waals surface area contributed by atoms with Gasteiger partial charge in [-0.2, -0.15) is 0 Å². The van der Waals surface area contributed by atoms with E-state index in [4.69, 9.17) is 11.1 Å². The zero-order valence-electron chi connectivity index (χ0n) is 10.5. The molecule has 3 N–H and O–H groups in total. The molecule has 0 aromatic heterocycles. The van der Waals surface area contributed by atoms with Crippen molar-refractivity contribution in [1.82, 2.24) is 0 Å². The number of hydrogen-bond donors (Lipinski definition) is 2. The van der Waals surface area contributed by atoms with Gasteiger partial charge in [-0.3, -0.25) is 5.41 Å². The lowest BCUT2D eigenvalue weighted by atomic mass is 9.82. The van der Waals surface area contributed by atoms with E-state index in [1.165, 1.54) is 0 Å². The molecule has 0 amide bonds. The fraction of sp³-hybridized carbons (Fsp3) is 0.909. The maximum absolute atomic E-state index is 7.54. The molecule has 84 valence electrons. The Morgan fingerprint density at radius 3 is 1.57 bits per heavy atom. The van der Waals surface area contributed by atoms with Gasteiger partial charge in [0.1, 0.15) is 5.84 Å². The first kappa shape index (κ1) is 13.8. The monoisotopic (exact) mass is 216 g/mol. The largest absolute Gasteiger partial charge is 0.387 e. The zero-order chi connectivity index (χ0) is 11.8. The Labute approximate surface area is 92.5 Å². The molecule has 0 aliphatic rings. The van der Waals surface area contributed by atoms with E-state index >= 15 is 0 Å². The molecular formula is C11H24N2S. The Hall–Kier alpha value is -0.180. The van der Waals surface area contributed by atoms with Crippen LogP contribution in [0.4, 0.5) is 0 Å². The second kappa shape index (κ2) is 3.76. The molecule has 0 bridgehead atoms. The summed E-state index contributed by atoms with van der Waals surface area (Å²) in [6.45, 7) is 15.1. The van der Waals surface area contributed by atoms with Crippen molar-refractivity contribution in [2.24, 2.45) is 11.1 Å². The van der Waals surface area contributed by atoms with Crippen molar-refractivity contribution in [3.8, 4) is 0 Å². The molecule has 14 heavy (non-hydrogen) atoms. The Morgan fingerprint density at radius 2 is 1.36 bits per heavy atom. The summed E-state index contributed by atoms with van der Waals surface area (Å²) in [6.07, 6.45) is 0. The van der Waals surface area contributed by atoms with Crippen molar-refractivity contribution < 1.29 is 0 Å². The van der Waals surface area contributed by atoms with Gasteiger partial charge in [-0.25, -0.2) is 0 Å². The summed E-state index contributed by atoms with van der Waals surface area (Å²) >= 11 is 1.77. The molecule has 0 atom stereocenters. The van der Waals surface area contributed by atoms with Crippen molar-refractivity contribution >= 4 is 17.6 Å². The molecule has 0 radical (unpaired) electrons. The van der Waals surface area contributed by atoms with Crippen LogP contribution in [-0.2, 0) is 0 Å². The first-order valence-corrected chi connectivity index (χ1v) is 5.76. The molecule has 0 saturated heterocycles. The van der Waals surface area contributed by atoms with Crippen LogP contribution in [0.2, 0.25) is 0 Å². The van der Waals surface area contributed by atoms with E-state index in [0.717, 1.165) is 0 Å². The molecule has 0 saturated carbocycles. The van der Waals surface area contributed by atoms with Gasteiger partial charge in [-0.15, -0.1) is 11.8 Å². The molecule has 0 aliphatic heterocycles. The minimum atomic E-state index is -0.281. The molecule has 0 heterocycles. The van der Waals surface area contributed by atoms with Crippen LogP contribution in [0.25, 0.3) is 0 Å². The van der Waals surface area contributed by atoms with E-state index in [1.54, 1.807) is 11.8 Å². The lowest BCUT2D eigenvalue weighted by Gasteiger charge is -2.43. The van der Waals surface area contributed by atoms with Gasteiger partial charge in [0.15, 0.2) is 0 Å². The molecule has 0 unspecified atom stereocenters. The molecular weight excluding hydrogens is 192 g/mol. The number of amidine groups is 1.